The number of aldehydes is 1. The van der Waals surface area contributed by atoms with Crippen molar-refractivity contribution < 1.29 is 9.18 Å². The highest BCUT2D eigenvalue weighted by Crippen LogP contribution is 2.28. The number of hydrogen-bond donors (Lipinski definition) is 0. The number of hydrogen-bond acceptors (Lipinski definition) is 2. The second kappa shape index (κ2) is 6.03. The van der Waals surface area contributed by atoms with Crippen molar-refractivity contribution in [3.05, 3.63) is 64.4 Å². The molecule has 0 radical (unpaired) electrons. The summed E-state index contributed by atoms with van der Waals surface area (Å²) in [6.07, 6.45) is 0.794. The van der Waals surface area contributed by atoms with Crippen molar-refractivity contribution in [2.75, 3.05) is 0 Å². The topological polar surface area (TPSA) is 17.1 Å². The number of benzene rings is 2. The monoisotopic (exact) mass is 280 g/mol. The molecule has 2 aromatic carbocycles. The van der Waals surface area contributed by atoms with Crippen LogP contribution in [0.3, 0.4) is 0 Å². The first-order chi connectivity index (χ1) is 8.70. The summed E-state index contributed by atoms with van der Waals surface area (Å²) in [7, 11) is 0. The highest BCUT2D eigenvalue weighted by atomic mass is 35.5. The minimum atomic E-state index is -0.292. The van der Waals surface area contributed by atoms with Gasteiger partial charge in [-0.1, -0.05) is 29.8 Å². The molecule has 0 saturated carbocycles. The molecule has 0 unspecified atom stereocenters. The second-order valence-corrected chi connectivity index (χ2v) is 5.13. The average Bonchev–Trinajstić information content (AvgIpc) is 2.39. The van der Waals surface area contributed by atoms with Gasteiger partial charge in [0.1, 0.15) is 12.1 Å². The van der Waals surface area contributed by atoms with Gasteiger partial charge in [0, 0.05) is 26.8 Å². The van der Waals surface area contributed by atoms with E-state index in [4.69, 9.17) is 11.6 Å². The standard InChI is InChI=1S/C14H10ClFOS/c15-13-2-1-3-14(16)12(13)9-18-11-6-4-10(8-17)5-7-11/h1-8H,9H2. The third-order valence-corrected chi connectivity index (χ3v) is 3.85. The largest absolute Gasteiger partial charge is 0.298 e. The number of halogens is 2. The van der Waals surface area contributed by atoms with Crippen molar-refractivity contribution in [3.63, 3.8) is 0 Å². The molecule has 0 saturated heterocycles. The highest BCUT2D eigenvalue weighted by Gasteiger charge is 2.07. The van der Waals surface area contributed by atoms with Crippen LogP contribution < -0.4 is 0 Å². The first-order valence-electron chi connectivity index (χ1n) is 5.31. The van der Waals surface area contributed by atoms with E-state index in [2.05, 4.69) is 0 Å². The van der Waals surface area contributed by atoms with E-state index < -0.39 is 0 Å². The van der Waals surface area contributed by atoms with E-state index in [9.17, 15) is 9.18 Å². The Balaban J connectivity index is 2.09. The van der Waals surface area contributed by atoms with Crippen molar-refractivity contribution in [3.8, 4) is 0 Å². The molecule has 2 rings (SSSR count). The molecule has 0 N–H and O–H groups in total. The second-order valence-electron chi connectivity index (χ2n) is 3.68. The molecule has 0 aromatic heterocycles. The molecule has 1 nitrogen and oxygen atoms in total. The Morgan fingerprint density at radius 2 is 1.89 bits per heavy atom. The van der Waals surface area contributed by atoms with Crippen LogP contribution in [-0.4, -0.2) is 6.29 Å². The Labute approximate surface area is 114 Å². The first-order valence-corrected chi connectivity index (χ1v) is 6.68. The summed E-state index contributed by atoms with van der Waals surface area (Å²) in [5.41, 5.74) is 1.13. The van der Waals surface area contributed by atoms with Crippen LogP contribution in [0.5, 0.6) is 0 Å². The zero-order valence-corrected chi connectivity index (χ0v) is 11.0. The van der Waals surface area contributed by atoms with Crippen molar-refractivity contribution >= 4 is 29.6 Å². The van der Waals surface area contributed by atoms with Gasteiger partial charge in [0.05, 0.1) is 0 Å². The molecule has 0 aliphatic rings. The summed E-state index contributed by atoms with van der Waals surface area (Å²) in [4.78, 5) is 11.5. The number of carbonyl (C=O) groups excluding carboxylic acids is 1. The van der Waals surface area contributed by atoms with Crippen molar-refractivity contribution in [1.29, 1.82) is 0 Å². The van der Waals surface area contributed by atoms with Gasteiger partial charge in [-0.2, -0.15) is 0 Å². The number of thioether (sulfide) groups is 1. The lowest BCUT2D eigenvalue weighted by molar-refractivity contribution is 0.112. The molecule has 18 heavy (non-hydrogen) atoms. The van der Waals surface area contributed by atoms with Gasteiger partial charge in [0.15, 0.2) is 0 Å². The molecule has 0 fully saturated rings. The van der Waals surface area contributed by atoms with E-state index >= 15 is 0 Å². The number of carbonyl (C=O) groups is 1. The Morgan fingerprint density at radius 3 is 2.50 bits per heavy atom. The summed E-state index contributed by atoms with van der Waals surface area (Å²) in [6.45, 7) is 0. The van der Waals surface area contributed by atoms with Crippen LogP contribution in [-0.2, 0) is 5.75 Å². The molecule has 0 heterocycles. The van der Waals surface area contributed by atoms with Gasteiger partial charge in [-0.05, 0) is 24.3 Å². The molecule has 92 valence electrons. The van der Waals surface area contributed by atoms with Gasteiger partial charge in [-0.3, -0.25) is 4.79 Å². The molecule has 0 aliphatic heterocycles. The molecular weight excluding hydrogens is 271 g/mol. The maximum Gasteiger partial charge on any atom is 0.150 e. The van der Waals surface area contributed by atoms with Gasteiger partial charge in [0.25, 0.3) is 0 Å². The molecule has 0 atom stereocenters. The maximum absolute atomic E-state index is 13.5. The van der Waals surface area contributed by atoms with Crippen LogP contribution in [0.15, 0.2) is 47.4 Å². The maximum atomic E-state index is 13.5. The Kier molecular flexibility index (Phi) is 4.39. The molecule has 0 bridgehead atoms. The molecule has 0 aliphatic carbocycles. The van der Waals surface area contributed by atoms with Gasteiger partial charge >= 0.3 is 0 Å². The Bertz CT molecular complexity index is 534. The third kappa shape index (κ3) is 3.12. The molecule has 4 heteroatoms. The summed E-state index contributed by atoms with van der Waals surface area (Å²) < 4.78 is 13.5. The average molecular weight is 281 g/mol. The fourth-order valence-corrected chi connectivity index (χ4v) is 2.71. The Hall–Kier alpha value is -1.32. The van der Waals surface area contributed by atoms with E-state index in [0.29, 0.717) is 21.9 Å². The third-order valence-electron chi connectivity index (χ3n) is 2.46. The molecule has 0 amide bonds. The van der Waals surface area contributed by atoms with Crippen LogP contribution in [0.25, 0.3) is 0 Å². The van der Waals surface area contributed by atoms with Crippen LogP contribution in [0.2, 0.25) is 5.02 Å². The van der Waals surface area contributed by atoms with Crippen molar-refractivity contribution in [1.82, 2.24) is 0 Å². The lowest BCUT2D eigenvalue weighted by Gasteiger charge is -2.05. The Morgan fingerprint density at radius 1 is 1.17 bits per heavy atom. The smallest absolute Gasteiger partial charge is 0.150 e. The fraction of sp³-hybridized carbons (Fsp3) is 0.0714. The normalized spacial score (nSPS) is 10.3. The molecule has 2 aromatic rings. The zero-order valence-electron chi connectivity index (χ0n) is 9.40. The first kappa shape index (κ1) is 13.1. The summed E-state index contributed by atoms with van der Waals surface area (Å²) in [6, 6.07) is 11.8. The van der Waals surface area contributed by atoms with Crippen LogP contribution in [0.1, 0.15) is 15.9 Å². The fourth-order valence-electron chi connectivity index (χ4n) is 1.47. The van der Waals surface area contributed by atoms with Gasteiger partial charge in [-0.25, -0.2) is 4.39 Å². The van der Waals surface area contributed by atoms with Crippen molar-refractivity contribution in [2.45, 2.75) is 10.6 Å². The van der Waals surface area contributed by atoms with E-state index in [-0.39, 0.29) is 5.82 Å². The molecular formula is C14H10ClFOS. The summed E-state index contributed by atoms with van der Waals surface area (Å²) >= 11 is 7.42. The molecule has 0 spiro atoms. The zero-order chi connectivity index (χ0) is 13.0. The van der Waals surface area contributed by atoms with Crippen LogP contribution in [0, 0.1) is 5.82 Å². The predicted molar refractivity (Wildman–Crippen MR) is 72.8 cm³/mol. The van der Waals surface area contributed by atoms with Crippen molar-refractivity contribution in [2.24, 2.45) is 0 Å². The quantitative estimate of drug-likeness (QED) is 0.602. The van der Waals surface area contributed by atoms with E-state index in [0.717, 1.165) is 11.2 Å². The minimum Gasteiger partial charge on any atom is -0.298 e. The van der Waals surface area contributed by atoms with Crippen LogP contribution >= 0.6 is 23.4 Å². The van der Waals surface area contributed by atoms with Gasteiger partial charge < -0.3 is 0 Å². The van der Waals surface area contributed by atoms with Gasteiger partial charge in [-0.15, -0.1) is 11.8 Å². The van der Waals surface area contributed by atoms with E-state index in [1.165, 1.54) is 17.8 Å². The highest BCUT2D eigenvalue weighted by molar-refractivity contribution is 7.98. The van der Waals surface area contributed by atoms with Gasteiger partial charge in [0.2, 0.25) is 0 Å². The minimum absolute atomic E-state index is 0.292. The predicted octanol–water partition coefficient (Wildman–Crippen LogP) is 4.58. The summed E-state index contributed by atoms with van der Waals surface area (Å²) in [5.74, 6) is 0.172. The van der Waals surface area contributed by atoms with E-state index in [1.807, 2.05) is 12.1 Å². The number of rotatable bonds is 4. The summed E-state index contributed by atoms with van der Waals surface area (Å²) in [5, 5.41) is 0.437. The SMILES string of the molecule is O=Cc1ccc(SCc2c(F)cccc2Cl)cc1. The lowest BCUT2D eigenvalue weighted by Crippen LogP contribution is -1.89. The van der Waals surface area contributed by atoms with Crippen LogP contribution in [0.4, 0.5) is 4.39 Å². The lowest BCUT2D eigenvalue weighted by atomic mass is 10.2. The van der Waals surface area contributed by atoms with E-state index in [1.54, 1.807) is 24.3 Å².